The standard InChI is InChI=1S/C16H16N2O3/c1-11-2-4-12(5-3-11)16(20)18-13-6-8-14(9-7-13)21-10-15(17)19/h2-9H,10H2,1H3,(H2,17,19)(H,18,20). The van der Waals surface area contributed by atoms with Crippen molar-refractivity contribution < 1.29 is 14.3 Å². The summed E-state index contributed by atoms with van der Waals surface area (Å²) in [7, 11) is 0. The Labute approximate surface area is 122 Å². The number of carbonyl (C=O) groups excluding carboxylic acids is 2. The fourth-order valence-electron chi connectivity index (χ4n) is 1.70. The van der Waals surface area contributed by atoms with Crippen molar-refractivity contribution in [3.05, 3.63) is 59.7 Å². The maximum absolute atomic E-state index is 12.0. The number of primary amides is 1. The summed E-state index contributed by atoms with van der Waals surface area (Å²) >= 11 is 0. The Morgan fingerprint density at radius 2 is 1.67 bits per heavy atom. The number of benzene rings is 2. The lowest BCUT2D eigenvalue weighted by Crippen LogP contribution is -2.20. The van der Waals surface area contributed by atoms with Crippen molar-refractivity contribution in [1.82, 2.24) is 0 Å². The van der Waals surface area contributed by atoms with E-state index in [2.05, 4.69) is 5.32 Å². The third-order valence-electron chi connectivity index (χ3n) is 2.81. The van der Waals surface area contributed by atoms with Gasteiger partial charge in [-0.25, -0.2) is 0 Å². The molecule has 21 heavy (non-hydrogen) atoms. The molecule has 108 valence electrons. The van der Waals surface area contributed by atoms with Gasteiger partial charge in [0, 0.05) is 11.3 Å². The molecule has 5 heteroatoms. The Balaban J connectivity index is 1.98. The van der Waals surface area contributed by atoms with Gasteiger partial charge >= 0.3 is 0 Å². The van der Waals surface area contributed by atoms with Gasteiger partial charge in [0.25, 0.3) is 11.8 Å². The lowest BCUT2D eigenvalue weighted by Gasteiger charge is -2.07. The average molecular weight is 284 g/mol. The van der Waals surface area contributed by atoms with Crippen molar-refractivity contribution in [2.24, 2.45) is 5.73 Å². The van der Waals surface area contributed by atoms with Gasteiger partial charge in [0.2, 0.25) is 0 Å². The number of aryl methyl sites for hydroxylation is 1. The van der Waals surface area contributed by atoms with E-state index in [0.29, 0.717) is 17.0 Å². The molecule has 0 heterocycles. The zero-order valence-electron chi connectivity index (χ0n) is 11.6. The fourth-order valence-corrected chi connectivity index (χ4v) is 1.70. The van der Waals surface area contributed by atoms with Crippen LogP contribution in [0.15, 0.2) is 48.5 Å². The first-order chi connectivity index (χ1) is 10.0. The van der Waals surface area contributed by atoms with Gasteiger partial charge in [-0.2, -0.15) is 0 Å². The molecule has 3 N–H and O–H groups in total. The average Bonchev–Trinajstić information content (AvgIpc) is 2.47. The lowest BCUT2D eigenvalue weighted by molar-refractivity contribution is -0.119. The molecule has 2 rings (SSSR count). The van der Waals surface area contributed by atoms with Crippen LogP contribution in [0.4, 0.5) is 5.69 Å². The Morgan fingerprint density at radius 1 is 1.05 bits per heavy atom. The van der Waals surface area contributed by atoms with Crippen molar-refractivity contribution in [2.45, 2.75) is 6.92 Å². The molecule has 2 amide bonds. The highest BCUT2D eigenvalue weighted by Crippen LogP contribution is 2.16. The molecule has 5 nitrogen and oxygen atoms in total. The van der Waals surface area contributed by atoms with E-state index in [4.69, 9.17) is 10.5 Å². The van der Waals surface area contributed by atoms with E-state index < -0.39 is 5.91 Å². The number of nitrogens with two attached hydrogens (primary N) is 1. The topological polar surface area (TPSA) is 81.4 Å². The van der Waals surface area contributed by atoms with Crippen LogP contribution in [0.25, 0.3) is 0 Å². The highest BCUT2D eigenvalue weighted by molar-refractivity contribution is 6.04. The highest BCUT2D eigenvalue weighted by Gasteiger charge is 2.05. The quantitative estimate of drug-likeness (QED) is 0.882. The van der Waals surface area contributed by atoms with Crippen molar-refractivity contribution in [3.8, 4) is 5.75 Å². The van der Waals surface area contributed by atoms with Gasteiger partial charge in [-0.05, 0) is 43.3 Å². The summed E-state index contributed by atoms with van der Waals surface area (Å²) in [4.78, 5) is 22.6. The van der Waals surface area contributed by atoms with Gasteiger partial charge in [0.15, 0.2) is 6.61 Å². The Bertz CT molecular complexity index is 634. The summed E-state index contributed by atoms with van der Waals surface area (Å²) in [5.41, 5.74) is 7.33. The Kier molecular flexibility index (Phi) is 4.56. The van der Waals surface area contributed by atoms with Crippen LogP contribution in [-0.4, -0.2) is 18.4 Å². The molecule has 0 saturated carbocycles. The third kappa shape index (κ3) is 4.35. The molecule has 2 aromatic carbocycles. The summed E-state index contributed by atoms with van der Waals surface area (Å²) in [5.74, 6) is -0.199. The maximum Gasteiger partial charge on any atom is 0.255 e. The monoisotopic (exact) mass is 284 g/mol. The molecule has 0 unspecified atom stereocenters. The SMILES string of the molecule is Cc1ccc(C(=O)Nc2ccc(OCC(N)=O)cc2)cc1. The summed E-state index contributed by atoms with van der Waals surface area (Å²) in [6, 6.07) is 14.0. The number of carbonyl (C=O) groups is 2. The van der Waals surface area contributed by atoms with E-state index in [1.54, 1.807) is 36.4 Å². The largest absolute Gasteiger partial charge is 0.484 e. The first-order valence-electron chi connectivity index (χ1n) is 6.44. The predicted molar refractivity (Wildman–Crippen MR) is 80.3 cm³/mol. The van der Waals surface area contributed by atoms with Crippen molar-refractivity contribution in [2.75, 3.05) is 11.9 Å². The lowest BCUT2D eigenvalue weighted by atomic mass is 10.1. The fraction of sp³-hybridized carbons (Fsp3) is 0.125. The molecule has 0 aromatic heterocycles. The van der Waals surface area contributed by atoms with Gasteiger partial charge in [-0.1, -0.05) is 17.7 Å². The molecule has 0 radical (unpaired) electrons. The van der Waals surface area contributed by atoms with Crippen LogP contribution in [0.5, 0.6) is 5.75 Å². The Hall–Kier alpha value is -2.82. The van der Waals surface area contributed by atoms with Gasteiger partial charge in [0.1, 0.15) is 5.75 Å². The van der Waals surface area contributed by atoms with Gasteiger partial charge in [-0.15, -0.1) is 0 Å². The van der Waals surface area contributed by atoms with Crippen LogP contribution in [0.2, 0.25) is 0 Å². The van der Waals surface area contributed by atoms with E-state index in [1.165, 1.54) is 0 Å². The minimum Gasteiger partial charge on any atom is -0.484 e. The second-order valence-electron chi connectivity index (χ2n) is 4.60. The number of nitrogens with one attached hydrogen (secondary N) is 1. The highest BCUT2D eigenvalue weighted by atomic mass is 16.5. The molecule has 0 aliphatic rings. The molecule has 0 bridgehead atoms. The summed E-state index contributed by atoms with van der Waals surface area (Å²) in [6.45, 7) is 1.79. The normalized spacial score (nSPS) is 9.95. The third-order valence-corrected chi connectivity index (χ3v) is 2.81. The predicted octanol–water partition coefficient (Wildman–Crippen LogP) is 2.11. The molecule has 0 fully saturated rings. The number of anilines is 1. The van der Waals surface area contributed by atoms with Crippen LogP contribution in [0.3, 0.4) is 0 Å². The van der Waals surface area contributed by atoms with E-state index in [0.717, 1.165) is 5.56 Å². The molecule has 2 aromatic rings. The smallest absolute Gasteiger partial charge is 0.255 e. The summed E-state index contributed by atoms with van der Waals surface area (Å²) in [6.07, 6.45) is 0. The van der Waals surface area contributed by atoms with Gasteiger partial charge in [-0.3, -0.25) is 9.59 Å². The number of hydrogen-bond acceptors (Lipinski definition) is 3. The molecule has 0 atom stereocenters. The van der Waals surface area contributed by atoms with E-state index in [1.807, 2.05) is 19.1 Å². The first-order valence-corrected chi connectivity index (χ1v) is 6.44. The van der Waals surface area contributed by atoms with Crippen LogP contribution in [0, 0.1) is 6.92 Å². The first kappa shape index (κ1) is 14.6. The number of amides is 2. The van der Waals surface area contributed by atoms with E-state index in [9.17, 15) is 9.59 Å². The van der Waals surface area contributed by atoms with E-state index in [-0.39, 0.29) is 12.5 Å². The van der Waals surface area contributed by atoms with Crippen LogP contribution < -0.4 is 15.8 Å². The number of rotatable bonds is 5. The molecule has 0 spiro atoms. The molecular weight excluding hydrogens is 268 g/mol. The van der Waals surface area contributed by atoms with Gasteiger partial charge in [0.05, 0.1) is 0 Å². The van der Waals surface area contributed by atoms with Crippen molar-refractivity contribution in [3.63, 3.8) is 0 Å². The van der Waals surface area contributed by atoms with Crippen LogP contribution >= 0.6 is 0 Å². The molecule has 0 aliphatic heterocycles. The van der Waals surface area contributed by atoms with Gasteiger partial charge < -0.3 is 15.8 Å². The molecule has 0 aliphatic carbocycles. The minimum absolute atomic E-state index is 0.172. The summed E-state index contributed by atoms with van der Waals surface area (Å²) < 4.78 is 5.14. The minimum atomic E-state index is -0.535. The van der Waals surface area contributed by atoms with Crippen LogP contribution in [-0.2, 0) is 4.79 Å². The van der Waals surface area contributed by atoms with Crippen molar-refractivity contribution >= 4 is 17.5 Å². The molecular formula is C16H16N2O3. The summed E-state index contributed by atoms with van der Waals surface area (Å²) in [5, 5.41) is 2.78. The second kappa shape index (κ2) is 6.56. The van der Waals surface area contributed by atoms with Crippen molar-refractivity contribution in [1.29, 1.82) is 0 Å². The number of ether oxygens (including phenoxy) is 1. The second-order valence-corrected chi connectivity index (χ2v) is 4.60. The zero-order chi connectivity index (χ0) is 15.2. The maximum atomic E-state index is 12.0. The molecule has 0 saturated heterocycles. The Morgan fingerprint density at radius 3 is 2.24 bits per heavy atom. The van der Waals surface area contributed by atoms with E-state index >= 15 is 0 Å². The number of hydrogen-bond donors (Lipinski definition) is 2. The van der Waals surface area contributed by atoms with Crippen LogP contribution in [0.1, 0.15) is 15.9 Å². The zero-order valence-corrected chi connectivity index (χ0v) is 11.6.